The lowest BCUT2D eigenvalue weighted by Crippen LogP contribution is -2.32. The summed E-state index contributed by atoms with van der Waals surface area (Å²) in [5.41, 5.74) is 0.122. The molecule has 4 rings (SSSR count). The molecule has 3 aromatic rings. The van der Waals surface area contributed by atoms with Gasteiger partial charge in [0, 0.05) is 24.2 Å². The minimum Gasteiger partial charge on any atom is -0.321 e. The van der Waals surface area contributed by atoms with Crippen molar-refractivity contribution in [3.63, 3.8) is 0 Å². The van der Waals surface area contributed by atoms with Gasteiger partial charge in [-0.1, -0.05) is 13.0 Å². The number of nitrogens with zero attached hydrogens (tertiary/aromatic N) is 3. The Labute approximate surface area is 176 Å². The maximum atomic E-state index is 13.2. The quantitative estimate of drug-likeness (QED) is 0.461. The van der Waals surface area contributed by atoms with E-state index in [1.165, 1.54) is 16.7 Å². The number of carbonyl (C=O) groups excluding carboxylic acids is 1. The first-order valence-corrected chi connectivity index (χ1v) is 10.0. The number of carbonyl (C=O) groups is 1. The summed E-state index contributed by atoms with van der Waals surface area (Å²) in [4.78, 5) is 55.8. The first kappa shape index (κ1) is 20.5. The topological polar surface area (TPSA) is 140 Å². The van der Waals surface area contributed by atoms with Gasteiger partial charge in [-0.15, -0.1) is 0 Å². The van der Waals surface area contributed by atoms with Crippen LogP contribution in [0.3, 0.4) is 0 Å². The maximum absolute atomic E-state index is 13.2. The van der Waals surface area contributed by atoms with E-state index in [-0.39, 0.29) is 33.9 Å². The van der Waals surface area contributed by atoms with Gasteiger partial charge in [-0.05, 0) is 38.3 Å². The minimum absolute atomic E-state index is 0.0260. The molecule has 0 radical (unpaired) electrons. The number of pyridine rings is 1. The number of aromatic amines is 1. The number of hydrogen-bond acceptors (Lipinski definition) is 6. The fourth-order valence-electron chi connectivity index (χ4n) is 3.64. The van der Waals surface area contributed by atoms with Gasteiger partial charge in [-0.3, -0.25) is 29.3 Å². The van der Waals surface area contributed by atoms with E-state index in [9.17, 15) is 24.5 Å². The van der Waals surface area contributed by atoms with E-state index in [0.29, 0.717) is 24.2 Å². The first-order valence-electron chi connectivity index (χ1n) is 10.0. The lowest BCUT2D eigenvalue weighted by atomic mass is 10.1. The number of H-pyrrole nitrogens is 1. The molecule has 0 saturated heterocycles. The molecule has 0 aliphatic heterocycles. The van der Waals surface area contributed by atoms with Crippen molar-refractivity contribution >= 4 is 28.3 Å². The van der Waals surface area contributed by atoms with Gasteiger partial charge < -0.3 is 5.32 Å². The summed E-state index contributed by atoms with van der Waals surface area (Å²) in [6.45, 7) is 3.78. The van der Waals surface area contributed by atoms with E-state index in [2.05, 4.69) is 15.3 Å². The molecule has 2 heterocycles. The number of nitro groups is 1. The number of rotatable bonds is 6. The van der Waals surface area contributed by atoms with Gasteiger partial charge in [-0.2, -0.15) is 0 Å². The highest BCUT2D eigenvalue weighted by atomic mass is 16.6. The minimum atomic E-state index is -0.692. The van der Waals surface area contributed by atoms with E-state index in [0.717, 1.165) is 12.8 Å². The molecule has 2 aromatic heterocycles. The van der Waals surface area contributed by atoms with Crippen molar-refractivity contribution < 1.29 is 9.72 Å². The van der Waals surface area contributed by atoms with Gasteiger partial charge in [0.05, 0.1) is 27.1 Å². The monoisotopic (exact) mass is 423 g/mol. The van der Waals surface area contributed by atoms with E-state index >= 15 is 0 Å². The molecular weight excluding hydrogens is 402 g/mol. The Morgan fingerprint density at radius 1 is 1.35 bits per heavy atom. The van der Waals surface area contributed by atoms with Crippen molar-refractivity contribution in [2.45, 2.75) is 45.6 Å². The standard InChI is InChI=1S/C21H21N5O5/c1-3-9-25-18-17(20(28)24-21(25)29)13(10-15(22-18)12-7-8-12)19(27)23-14-5-4-6-16(11(14)2)26(30)31/h4-6,10,12H,3,7-9H2,1-2H3,(H,23,27)(H,24,28,29). The second-order valence-corrected chi connectivity index (χ2v) is 7.64. The van der Waals surface area contributed by atoms with Crippen LogP contribution in [0, 0.1) is 17.0 Å². The molecule has 0 unspecified atom stereocenters. The fourth-order valence-corrected chi connectivity index (χ4v) is 3.64. The Morgan fingerprint density at radius 2 is 2.10 bits per heavy atom. The molecule has 2 N–H and O–H groups in total. The van der Waals surface area contributed by atoms with Crippen molar-refractivity contribution in [3.05, 3.63) is 72.0 Å². The second kappa shape index (κ2) is 7.78. The van der Waals surface area contributed by atoms with Gasteiger partial charge in [0.1, 0.15) is 0 Å². The summed E-state index contributed by atoms with van der Waals surface area (Å²) in [6.07, 6.45) is 2.49. The number of amides is 1. The zero-order valence-electron chi connectivity index (χ0n) is 17.1. The molecule has 1 amide bonds. The number of nitrogens with one attached hydrogen (secondary N) is 2. The molecule has 160 valence electrons. The lowest BCUT2D eigenvalue weighted by Gasteiger charge is -2.14. The molecule has 10 heteroatoms. The average Bonchev–Trinajstić information content (AvgIpc) is 3.56. The number of hydrogen-bond donors (Lipinski definition) is 2. The molecular formula is C21H21N5O5. The molecule has 0 atom stereocenters. The summed E-state index contributed by atoms with van der Waals surface area (Å²) in [7, 11) is 0. The van der Waals surface area contributed by atoms with Crippen molar-refractivity contribution in [3.8, 4) is 0 Å². The Hall–Kier alpha value is -3.82. The molecule has 1 aliphatic rings. The van der Waals surface area contributed by atoms with Crippen LogP contribution < -0.4 is 16.6 Å². The van der Waals surface area contributed by atoms with Crippen molar-refractivity contribution in [2.24, 2.45) is 0 Å². The molecule has 1 aromatic carbocycles. The summed E-state index contributed by atoms with van der Waals surface area (Å²) in [5, 5.41) is 13.9. The number of fused-ring (bicyclic) bond motifs is 1. The molecule has 0 spiro atoms. The second-order valence-electron chi connectivity index (χ2n) is 7.64. The number of nitro benzene ring substituents is 1. The van der Waals surface area contributed by atoms with Crippen LogP contribution >= 0.6 is 0 Å². The van der Waals surface area contributed by atoms with Crippen LogP contribution in [-0.4, -0.2) is 25.4 Å². The SMILES string of the molecule is CCCn1c(=O)[nH]c(=O)c2c(C(=O)Nc3cccc([N+](=O)[O-])c3C)cc(C3CC3)nc21. The third-order valence-corrected chi connectivity index (χ3v) is 5.41. The van der Waals surface area contributed by atoms with Crippen LogP contribution in [0.5, 0.6) is 0 Å². The van der Waals surface area contributed by atoms with Crippen molar-refractivity contribution in [1.29, 1.82) is 0 Å². The number of aromatic nitrogens is 3. The highest BCUT2D eigenvalue weighted by molar-refractivity contribution is 6.12. The number of anilines is 1. The van der Waals surface area contributed by atoms with Gasteiger partial charge in [-0.25, -0.2) is 9.78 Å². The lowest BCUT2D eigenvalue weighted by molar-refractivity contribution is -0.385. The van der Waals surface area contributed by atoms with E-state index in [4.69, 9.17) is 0 Å². The zero-order chi connectivity index (χ0) is 22.3. The average molecular weight is 423 g/mol. The first-order chi connectivity index (χ1) is 14.8. The Bertz CT molecular complexity index is 1340. The largest absolute Gasteiger partial charge is 0.329 e. The van der Waals surface area contributed by atoms with Gasteiger partial charge >= 0.3 is 5.69 Å². The zero-order valence-corrected chi connectivity index (χ0v) is 17.1. The van der Waals surface area contributed by atoms with Crippen LogP contribution in [0.1, 0.15) is 53.7 Å². The fraction of sp³-hybridized carbons (Fsp3) is 0.333. The van der Waals surface area contributed by atoms with Crippen LogP contribution in [0.15, 0.2) is 33.9 Å². The third kappa shape index (κ3) is 3.72. The predicted molar refractivity (Wildman–Crippen MR) is 115 cm³/mol. The maximum Gasteiger partial charge on any atom is 0.329 e. The van der Waals surface area contributed by atoms with Crippen LogP contribution in [0.25, 0.3) is 11.0 Å². The molecule has 1 saturated carbocycles. The van der Waals surface area contributed by atoms with Crippen LogP contribution in [-0.2, 0) is 6.54 Å². The van der Waals surface area contributed by atoms with E-state index in [1.807, 2.05) is 6.92 Å². The Morgan fingerprint density at radius 3 is 2.74 bits per heavy atom. The highest BCUT2D eigenvalue weighted by Crippen LogP contribution is 2.40. The van der Waals surface area contributed by atoms with Gasteiger partial charge in [0.2, 0.25) is 0 Å². The Kier molecular flexibility index (Phi) is 5.14. The predicted octanol–water partition coefficient (Wildman–Crippen LogP) is 2.84. The number of aryl methyl sites for hydroxylation is 1. The molecule has 10 nitrogen and oxygen atoms in total. The summed E-state index contributed by atoms with van der Waals surface area (Å²) in [6, 6.07) is 5.97. The smallest absolute Gasteiger partial charge is 0.321 e. The van der Waals surface area contributed by atoms with Crippen LogP contribution in [0.4, 0.5) is 11.4 Å². The van der Waals surface area contributed by atoms with Crippen LogP contribution in [0.2, 0.25) is 0 Å². The van der Waals surface area contributed by atoms with E-state index in [1.54, 1.807) is 19.1 Å². The summed E-state index contributed by atoms with van der Waals surface area (Å²) >= 11 is 0. The van der Waals surface area contributed by atoms with Gasteiger partial charge in [0.15, 0.2) is 5.65 Å². The normalized spacial score (nSPS) is 13.4. The van der Waals surface area contributed by atoms with E-state index < -0.39 is 22.1 Å². The third-order valence-electron chi connectivity index (χ3n) is 5.41. The molecule has 1 aliphatic carbocycles. The molecule has 0 bridgehead atoms. The number of benzene rings is 1. The molecule has 31 heavy (non-hydrogen) atoms. The summed E-state index contributed by atoms with van der Waals surface area (Å²) < 4.78 is 1.37. The highest BCUT2D eigenvalue weighted by Gasteiger charge is 2.29. The molecule has 1 fully saturated rings. The summed E-state index contributed by atoms with van der Waals surface area (Å²) in [5.74, 6) is -0.412. The Balaban J connectivity index is 1.89. The van der Waals surface area contributed by atoms with Crippen molar-refractivity contribution in [1.82, 2.24) is 14.5 Å². The van der Waals surface area contributed by atoms with Crippen molar-refractivity contribution in [2.75, 3.05) is 5.32 Å². The van der Waals surface area contributed by atoms with Gasteiger partial charge in [0.25, 0.3) is 17.2 Å².